The van der Waals surface area contributed by atoms with Gasteiger partial charge in [0.1, 0.15) is 5.58 Å². The fourth-order valence-electron chi connectivity index (χ4n) is 6.33. The molecule has 47 heavy (non-hydrogen) atoms. The van der Waals surface area contributed by atoms with Crippen molar-refractivity contribution in [2.24, 2.45) is 0 Å². The number of amides is 2. The van der Waals surface area contributed by atoms with E-state index in [1.165, 1.54) is 28.0 Å². The van der Waals surface area contributed by atoms with E-state index >= 15 is 4.79 Å². The number of nitrogens with zero attached hydrogens (tertiary/aromatic N) is 4. The molecular weight excluding hydrogens is 675 g/mol. The van der Waals surface area contributed by atoms with Crippen LogP contribution in [0.25, 0.3) is 11.0 Å². The number of hydrogen-bond acceptors (Lipinski definition) is 8. The first-order chi connectivity index (χ1) is 22.8. The first-order valence-electron chi connectivity index (χ1n) is 14.5. The molecule has 1 atom stereocenters. The zero-order valence-corrected chi connectivity index (χ0v) is 27.7. The van der Waals surface area contributed by atoms with Gasteiger partial charge in [-0.15, -0.1) is 10.2 Å². The SMILES string of the molecule is Cc1ccc2oc3c(c(=O)c2c1)C1(C(=O)N(Cc2ccc(Cl)cc2)c2ccccc21)N(c1nnc(SCc2cccc(Cl)c2)s1)C3=O. The van der Waals surface area contributed by atoms with Crippen LogP contribution in [0.3, 0.4) is 0 Å². The highest BCUT2D eigenvalue weighted by atomic mass is 35.5. The minimum atomic E-state index is -1.87. The molecule has 2 aromatic heterocycles. The number of aromatic nitrogens is 2. The van der Waals surface area contributed by atoms with Gasteiger partial charge in [0.15, 0.2) is 15.3 Å². The first kappa shape index (κ1) is 29.9. The number of halogens is 2. The number of thioether (sulfide) groups is 1. The van der Waals surface area contributed by atoms with Gasteiger partial charge in [-0.1, -0.05) is 100 Å². The zero-order valence-electron chi connectivity index (χ0n) is 24.6. The van der Waals surface area contributed by atoms with E-state index in [1.54, 1.807) is 41.3 Å². The van der Waals surface area contributed by atoms with E-state index in [4.69, 9.17) is 27.6 Å². The van der Waals surface area contributed by atoms with Crippen molar-refractivity contribution in [3.63, 3.8) is 0 Å². The lowest BCUT2D eigenvalue weighted by Crippen LogP contribution is -2.53. The van der Waals surface area contributed by atoms with Crippen LogP contribution in [0.2, 0.25) is 10.0 Å². The van der Waals surface area contributed by atoms with E-state index in [0.717, 1.165) is 16.7 Å². The number of anilines is 2. The molecule has 0 saturated heterocycles. The Morgan fingerprint density at radius 2 is 1.68 bits per heavy atom. The molecule has 12 heteroatoms. The monoisotopic (exact) mass is 696 g/mol. The normalized spacial score (nSPS) is 16.8. The lowest BCUT2D eigenvalue weighted by atomic mass is 9.84. The van der Waals surface area contributed by atoms with Crippen LogP contribution in [0.15, 0.2) is 105 Å². The third-order valence-electron chi connectivity index (χ3n) is 8.37. The summed E-state index contributed by atoms with van der Waals surface area (Å²) in [6.07, 6.45) is 0. The van der Waals surface area contributed by atoms with Crippen molar-refractivity contribution in [1.82, 2.24) is 10.2 Å². The summed E-state index contributed by atoms with van der Waals surface area (Å²) in [5.74, 6) is -0.733. The summed E-state index contributed by atoms with van der Waals surface area (Å²) in [5, 5.41) is 10.4. The maximum Gasteiger partial charge on any atom is 0.297 e. The molecule has 0 saturated carbocycles. The quantitative estimate of drug-likeness (QED) is 0.129. The van der Waals surface area contributed by atoms with Crippen molar-refractivity contribution in [3.05, 3.63) is 145 Å². The van der Waals surface area contributed by atoms with Crippen LogP contribution in [-0.4, -0.2) is 22.0 Å². The van der Waals surface area contributed by atoms with Gasteiger partial charge in [0, 0.05) is 21.4 Å². The number of aryl methyl sites for hydroxylation is 1. The Bertz CT molecular complexity index is 2320. The minimum absolute atomic E-state index is 0.0278. The second-order valence-electron chi connectivity index (χ2n) is 11.3. The van der Waals surface area contributed by atoms with Crippen LogP contribution in [0.5, 0.6) is 0 Å². The average Bonchev–Trinajstić information content (AvgIpc) is 3.70. The second-order valence-corrected chi connectivity index (χ2v) is 14.3. The van der Waals surface area contributed by atoms with Crippen LogP contribution in [0, 0.1) is 6.92 Å². The molecule has 2 amide bonds. The number of benzene rings is 4. The van der Waals surface area contributed by atoms with Crippen LogP contribution < -0.4 is 15.2 Å². The highest BCUT2D eigenvalue weighted by molar-refractivity contribution is 8.00. The van der Waals surface area contributed by atoms with E-state index in [2.05, 4.69) is 10.2 Å². The number of rotatable bonds is 6. The molecule has 4 heterocycles. The number of hydrogen-bond donors (Lipinski definition) is 0. The van der Waals surface area contributed by atoms with Gasteiger partial charge in [-0.2, -0.15) is 0 Å². The molecule has 0 aliphatic carbocycles. The molecule has 2 aliphatic heterocycles. The van der Waals surface area contributed by atoms with Gasteiger partial charge in [-0.25, -0.2) is 0 Å². The Labute approximate surface area is 286 Å². The highest BCUT2D eigenvalue weighted by Crippen LogP contribution is 2.55. The lowest BCUT2D eigenvalue weighted by molar-refractivity contribution is -0.121. The van der Waals surface area contributed by atoms with E-state index in [1.807, 2.05) is 61.5 Å². The zero-order chi connectivity index (χ0) is 32.4. The van der Waals surface area contributed by atoms with Crippen molar-refractivity contribution in [2.45, 2.75) is 29.1 Å². The molecule has 0 bridgehead atoms. The highest BCUT2D eigenvalue weighted by Gasteiger charge is 2.66. The number of fused-ring (bicyclic) bond motifs is 5. The summed E-state index contributed by atoms with van der Waals surface area (Å²) in [5.41, 5.74) is 1.62. The van der Waals surface area contributed by atoms with Crippen LogP contribution in [-0.2, 0) is 22.6 Å². The van der Waals surface area contributed by atoms with Crippen molar-refractivity contribution >= 4 is 79.9 Å². The number of carbonyl (C=O) groups is 2. The molecule has 1 spiro atoms. The maximum atomic E-state index is 15.1. The van der Waals surface area contributed by atoms with Gasteiger partial charge in [-0.3, -0.25) is 19.3 Å². The van der Waals surface area contributed by atoms with E-state index < -0.39 is 22.8 Å². The van der Waals surface area contributed by atoms with Gasteiger partial charge in [0.25, 0.3) is 11.8 Å². The molecule has 0 fully saturated rings. The summed E-state index contributed by atoms with van der Waals surface area (Å²) in [7, 11) is 0. The van der Waals surface area contributed by atoms with Gasteiger partial charge >= 0.3 is 0 Å². The largest absolute Gasteiger partial charge is 0.450 e. The topological polar surface area (TPSA) is 96.6 Å². The summed E-state index contributed by atoms with van der Waals surface area (Å²) in [4.78, 5) is 47.1. The molecule has 232 valence electrons. The summed E-state index contributed by atoms with van der Waals surface area (Å²) >= 11 is 14.9. The molecule has 1 unspecified atom stereocenters. The van der Waals surface area contributed by atoms with Crippen molar-refractivity contribution in [1.29, 1.82) is 0 Å². The average molecular weight is 698 g/mol. The molecule has 2 aliphatic rings. The Morgan fingerprint density at radius 3 is 2.49 bits per heavy atom. The predicted octanol–water partition coefficient (Wildman–Crippen LogP) is 8.00. The molecule has 0 N–H and O–H groups in total. The van der Waals surface area contributed by atoms with Crippen LogP contribution in [0.1, 0.15) is 38.4 Å². The summed E-state index contributed by atoms with van der Waals surface area (Å²) in [6.45, 7) is 2.05. The fraction of sp³-hybridized carbons (Fsp3) is 0.114. The second kappa shape index (κ2) is 11.3. The van der Waals surface area contributed by atoms with Gasteiger partial charge < -0.3 is 9.32 Å². The summed E-state index contributed by atoms with van der Waals surface area (Å²) < 4.78 is 6.79. The Balaban J connectivity index is 1.32. The van der Waals surface area contributed by atoms with Crippen LogP contribution >= 0.6 is 46.3 Å². The van der Waals surface area contributed by atoms with Gasteiger partial charge in [-0.05, 0) is 60.5 Å². The number of carbonyl (C=O) groups excluding carboxylic acids is 2. The third kappa shape index (κ3) is 4.70. The molecular formula is C35H22Cl2N4O4S2. The van der Waals surface area contributed by atoms with Crippen molar-refractivity contribution in [3.8, 4) is 0 Å². The first-order valence-corrected chi connectivity index (χ1v) is 17.1. The van der Waals surface area contributed by atoms with E-state index in [-0.39, 0.29) is 34.0 Å². The molecule has 8 nitrogen and oxygen atoms in total. The minimum Gasteiger partial charge on any atom is -0.450 e. The van der Waals surface area contributed by atoms with Crippen LogP contribution in [0.4, 0.5) is 10.8 Å². The fourth-order valence-corrected chi connectivity index (χ4v) is 8.50. The predicted molar refractivity (Wildman–Crippen MR) is 185 cm³/mol. The molecule has 4 aromatic carbocycles. The van der Waals surface area contributed by atoms with E-state index in [9.17, 15) is 9.59 Å². The van der Waals surface area contributed by atoms with Crippen molar-refractivity contribution in [2.75, 3.05) is 9.80 Å². The maximum absolute atomic E-state index is 15.1. The smallest absolute Gasteiger partial charge is 0.297 e. The van der Waals surface area contributed by atoms with Gasteiger partial charge in [0.05, 0.1) is 23.2 Å². The Hall–Kier alpha value is -4.48. The third-order valence-corrected chi connectivity index (χ3v) is 11.0. The number of para-hydroxylation sites is 1. The molecule has 6 aromatic rings. The summed E-state index contributed by atoms with van der Waals surface area (Å²) in [6, 6.07) is 27.1. The standard InChI is InChI=1S/C35H22Cl2N4O4S2/c1-19-9-14-27-24(15-19)29(42)28-30(45-27)31(43)41(33-38-39-34(47-33)46-18-21-5-4-6-23(37)16-21)35(28)25-7-2-3-8-26(25)40(32(35)44)17-20-10-12-22(36)13-11-20/h2-16H,17-18H2,1H3. The van der Waals surface area contributed by atoms with Crippen molar-refractivity contribution < 1.29 is 14.0 Å². The molecule has 0 radical (unpaired) electrons. The van der Waals surface area contributed by atoms with E-state index in [0.29, 0.717) is 31.4 Å². The Kier molecular flexibility index (Phi) is 7.21. The Morgan fingerprint density at radius 1 is 0.872 bits per heavy atom. The molecule has 8 rings (SSSR count). The lowest BCUT2D eigenvalue weighted by Gasteiger charge is -2.32. The van der Waals surface area contributed by atoms with Gasteiger partial charge in [0.2, 0.25) is 10.9 Å².